The van der Waals surface area contributed by atoms with Crippen molar-refractivity contribution in [3.05, 3.63) is 0 Å². The largest absolute Gasteiger partial charge is 0.870 e. The predicted octanol–water partition coefficient (Wildman–Crippen LogP) is -0.0642. The van der Waals surface area contributed by atoms with Gasteiger partial charge in [0, 0.05) is 0 Å². The smallest absolute Gasteiger partial charge is 0.870 e. The monoisotopic (exact) mass is 261 g/mol. The molecule has 0 aromatic heterocycles. The van der Waals surface area contributed by atoms with Crippen LogP contribution in [-0.4, -0.2) is 21.1 Å². The van der Waals surface area contributed by atoms with Crippen LogP contribution in [0.3, 0.4) is 0 Å². The Hall–Kier alpha value is 1.61. The number of halogens is 3. The normalized spacial score (nSPS) is 12.7. The fourth-order valence-corrected chi connectivity index (χ4v) is 0. The summed E-state index contributed by atoms with van der Waals surface area (Å²) in [7, 11) is 15.5. The van der Waals surface area contributed by atoms with Gasteiger partial charge >= 0.3 is 46.0 Å². The Morgan fingerprint density at radius 3 is 1.17 bits per heavy atom. The number of hydrogen-bond donors (Lipinski definition) is 1. The van der Waals surface area contributed by atoms with Crippen molar-refractivity contribution in [2.45, 2.75) is 0 Å². The molecule has 0 fully saturated rings. The zero-order valence-corrected chi connectivity index (χ0v) is 7.91. The molecule has 2 nitrogen and oxygen atoms in total. The molecular weight excluding hydrogens is 258 g/mol. The Morgan fingerprint density at radius 1 is 1.17 bits per heavy atom. The summed E-state index contributed by atoms with van der Waals surface area (Å²) in [5.41, 5.74) is 0. The van der Waals surface area contributed by atoms with Crippen molar-refractivity contribution in [1.82, 2.24) is 0 Å². The molecule has 0 aliphatic carbocycles. The first-order valence-corrected chi connectivity index (χ1v) is 13.8. The summed E-state index contributed by atoms with van der Waals surface area (Å²) in [6, 6.07) is 0. The van der Waals surface area contributed by atoms with Gasteiger partial charge in [-0.15, -0.1) is 0 Å². The van der Waals surface area contributed by atoms with E-state index >= 15 is 0 Å². The quantitative estimate of drug-likeness (QED) is 0.611. The molecule has 4 N–H and O–H groups in total. The van der Waals surface area contributed by atoms with E-state index in [1.54, 1.807) is 0 Å². The maximum atomic E-state index is 5.16. The minimum Gasteiger partial charge on any atom is -0.870 e. The zero-order chi connectivity index (χ0) is 4.50. The van der Waals surface area contributed by atoms with Crippen LogP contribution in [0.2, 0.25) is 0 Å². The second-order valence-corrected chi connectivity index (χ2v) is 21.0. The van der Waals surface area contributed by atoms with E-state index in [4.69, 9.17) is 26.5 Å². The molecule has 0 radical (unpaired) electrons. The topological polar surface area (TPSA) is 57.6 Å². The maximum absolute atomic E-state index is 5.16. The zero-order valence-electron chi connectivity index (χ0n) is 2.79. The van der Waals surface area contributed by atoms with Gasteiger partial charge in [0.25, 0.3) is 0 Å². The molecule has 6 heteroatoms. The fraction of sp³-hybridized carbons (Fsp3) is 0. The first kappa shape index (κ1) is 10.6. The summed E-state index contributed by atoms with van der Waals surface area (Å²) in [6.45, 7) is 0. The third-order valence-corrected chi connectivity index (χ3v) is 0. The second-order valence-electron chi connectivity index (χ2n) is 0.615. The van der Waals surface area contributed by atoms with Crippen molar-refractivity contribution in [2.24, 2.45) is 0 Å². The number of rotatable bonds is 0. The Morgan fingerprint density at radius 2 is 1.17 bits per heavy atom. The van der Waals surface area contributed by atoms with Crippen LogP contribution >= 0.6 is 26.5 Å². The van der Waals surface area contributed by atoms with Crippen molar-refractivity contribution in [1.29, 1.82) is 0 Å². The Balaban J connectivity index is 0. The summed E-state index contributed by atoms with van der Waals surface area (Å²) in [5, 5.41) is 0. The van der Waals surface area contributed by atoms with Gasteiger partial charge in [-0.1, -0.05) is 0 Å². The third-order valence-electron chi connectivity index (χ3n) is 0. The average molecular weight is 263 g/mol. The summed E-state index contributed by atoms with van der Waals surface area (Å²) in [6.07, 6.45) is 0. The average Bonchev–Trinajstić information content (AvgIpc) is 0.722. The Kier molecular flexibility index (Phi) is 6.32. The van der Waals surface area contributed by atoms with Crippen LogP contribution in [-0.2, 0) is 0 Å². The molecule has 0 heterocycles. The van der Waals surface area contributed by atoms with Crippen LogP contribution in [0, 0.1) is 0 Å². The first-order valence-electron chi connectivity index (χ1n) is 0.921. The van der Waals surface area contributed by atoms with E-state index in [2.05, 4.69) is 3.89 Å². The van der Waals surface area contributed by atoms with Crippen LogP contribution in [0.15, 0.2) is 0 Å². The molecule has 0 amide bonds. The summed E-state index contributed by atoms with van der Waals surface area (Å²) in [5.74, 6) is 0. The minimum atomic E-state index is -3.01. The van der Waals surface area contributed by atoms with E-state index in [1.807, 2.05) is 0 Å². The minimum absolute atomic E-state index is 0. The molecular formula is H5Cl3NOSb. The standard InChI is InChI=1S/3ClH.H3N.H2O.Sb.H/h3*1H;1H3;1H2;;/q;;;;;+4;/p-4. The van der Waals surface area contributed by atoms with E-state index in [9.17, 15) is 0 Å². The van der Waals surface area contributed by atoms with Crippen molar-refractivity contribution in [3.63, 3.8) is 0 Å². The van der Waals surface area contributed by atoms with Crippen LogP contribution in [0.4, 0.5) is 0 Å². The molecule has 0 spiro atoms. The van der Waals surface area contributed by atoms with Crippen molar-refractivity contribution in [2.75, 3.05) is 0 Å². The molecule has 0 aliphatic heterocycles. The molecule has 0 atom stereocenters. The van der Waals surface area contributed by atoms with Crippen LogP contribution in [0.1, 0.15) is 0 Å². The van der Waals surface area contributed by atoms with E-state index in [0.717, 1.165) is 0 Å². The maximum Gasteiger partial charge on any atom is -0.870 e. The third kappa shape index (κ3) is 46.0. The second kappa shape index (κ2) is 3.59. The van der Waals surface area contributed by atoms with E-state index in [0.29, 0.717) is 0 Å². The van der Waals surface area contributed by atoms with Gasteiger partial charge in [0.15, 0.2) is 0 Å². The molecule has 0 saturated heterocycles. The van der Waals surface area contributed by atoms with E-state index < -0.39 is 15.7 Å². The van der Waals surface area contributed by atoms with Gasteiger partial charge in [-0.25, -0.2) is 0 Å². The van der Waals surface area contributed by atoms with Crippen LogP contribution in [0.25, 0.3) is 0 Å². The molecule has 0 unspecified atom stereocenters. The Labute approximate surface area is 51.3 Å². The van der Waals surface area contributed by atoms with E-state index in [-0.39, 0.29) is 5.48 Å². The molecule has 6 heavy (non-hydrogen) atoms. The number of quaternary nitrogens is 1. The molecule has 0 aromatic rings. The molecule has 42 valence electrons. The Bertz CT molecular complexity index is 26.3. The molecule has 0 rings (SSSR count). The van der Waals surface area contributed by atoms with Crippen LogP contribution < -0.4 is 3.89 Å². The van der Waals surface area contributed by atoms with Crippen LogP contribution in [0.5, 0.6) is 0 Å². The summed E-state index contributed by atoms with van der Waals surface area (Å²) in [4.78, 5) is 0. The van der Waals surface area contributed by atoms with Gasteiger partial charge < -0.3 is 5.48 Å². The predicted molar refractivity (Wildman–Crippen MR) is 29.5 cm³/mol. The van der Waals surface area contributed by atoms with Gasteiger partial charge in [0.1, 0.15) is 0 Å². The van der Waals surface area contributed by atoms with Gasteiger partial charge in [0.2, 0.25) is 0 Å². The molecule has 0 saturated carbocycles. The van der Waals surface area contributed by atoms with Gasteiger partial charge in [0.05, 0.1) is 0 Å². The van der Waals surface area contributed by atoms with Gasteiger partial charge in [-0.3, -0.25) is 0 Å². The molecule has 0 aromatic carbocycles. The van der Waals surface area contributed by atoms with Crippen molar-refractivity contribution >= 4 is 42.1 Å². The summed E-state index contributed by atoms with van der Waals surface area (Å²) < 4.78 is 3.28. The number of hydrogen-bond acceptors (Lipinski definition) is 1. The molecule has 0 bridgehead atoms. The summed E-state index contributed by atoms with van der Waals surface area (Å²) >= 11 is -3.01. The van der Waals surface area contributed by atoms with Crippen molar-refractivity contribution in [3.8, 4) is 0 Å². The first-order chi connectivity index (χ1) is 2.00. The SMILES string of the molecule is [NH3+][SbH]([Cl])([Cl])[Cl].[OH-]. The fourth-order valence-electron chi connectivity index (χ4n) is 0. The van der Waals surface area contributed by atoms with Gasteiger partial charge in [-0.05, 0) is 0 Å². The molecule has 0 aliphatic rings. The van der Waals surface area contributed by atoms with Gasteiger partial charge in [-0.2, -0.15) is 0 Å². The van der Waals surface area contributed by atoms with E-state index in [1.165, 1.54) is 0 Å². The van der Waals surface area contributed by atoms with Crippen molar-refractivity contribution < 1.29 is 9.37 Å².